The van der Waals surface area contributed by atoms with Crippen LogP contribution in [0.5, 0.6) is 0 Å². The van der Waals surface area contributed by atoms with Crippen molar-refractivity contribution < 1.29 is 44.7 Å². The van der Waals surface area contributed by atoms with Crippen LogP contribution in [0.15, 0.2) is 121 Å². The first-order valence-electron chi connectivity index (χ1n) is 17.1. The molecular weight excluding hydrogens is 771 g/mol. The third-order valence-corrected chi connectivity index (χ3v) is 31.4. The minimum atomic E-state index is -8.05. The minimum absolute atomic E-state index is 0.234. The maximum absolute atomic E-state index is 14.3. The molecule has 0 saturated carbocycles. The number of rotatable bonds is 4. The topological polar surface area (TPSA) is 99.7 Å². The first-order valence-corrected chi connectivity index (χ1v) is 27.8. The summed E-state index contributed by atoms with van der Waals surface area (Å²) in [4.78, 5) is 57.3. The van der Waals surface area contributed by atoms with Crippen molar-refractivity contribution in [1.29, 1.82) is 0 Å². The van der Waals surface area contributed by atoms with E-state index in [2.05, 4.69) is 0 Å². The summed E-state index contributed by atoms with van der Waals surface area (Å²) in [5.74, 6) is -2.94. The van der Waals surface area contributed by atoms with Crippen LogP contribution >= 0.6 is 17.0 Å². The molecule has 4 fully saturated rings. The van der Waals surface area contributed by atoms with Crippen molar-refractivity contribution in [2.45, 2.75) is 38.5 Å². The van der Waals surface area contributed by atoms with Crippen LogP contribution in [0.3, 0.4) is 0 Å². The molecule has 8 rings (SSSR count). The second-order valence-electron chi connectivity index (χ2n) is 12.6. The monoisotopic (exact) mass is 808 g/mol. The number of nitrogens with zero attached hydrogens (tertiary/aromatic N) is 4. The fourth-order valence-electron chi connectivity index (χ4n) is 7.21. The van der Waals surface area contributed by atoms with Gasteiger partial charge in [-0.1, -0.05) is 0 Å². The molecule has 4 aliphatic rings. The molecule has 1 spiro atoms. The van der Waals surface area contributed by atoms with Gasteiger partial charge < -0.3 is 9.47 Å². The molecular formula is C38H40Cl2N4O6Zr. The van der Waals surface area contributed by atoms with Crippen molar-refractivity contribution >= 4 is 63.4 Å². The van der Waals surface area contributed by atoms with Crippen molar-refractivity contribution in [3.05, 3.63) is 121 Å². The van der Waals surface area contributed by atoms with Gasteiger partial charge in [0.05, 0.1) is 0 Å². The zero-order valence-corrected chi connectivity index (χ0v) is 32.1. The van der Waals surface area contributed by atoms with E-state index in [4.69, 9.17) is 26.5 Å². The molecule has 0 unspecified atom stereocenters. The summed E-state index contributed by atoms with van der Waals surface area (Å²) in [6, 6.07) is 33.5. The zero-order valence-electron chi connectivity index (χ0n) is 28.1. The maximum atomic E-state index is 14.3. The Labute approximate surface area is 304 Å². The van der Waals surface area contributed by atoms with Crippen molar-refractivity contribution in [3.8, 4) is 0 Å². The Morgan fingerprint density at radius 3 is 0.784 bits per heavy atom. The molecule has 0 N–H and O–H groups in total. The van der Waals surface area contributed by atoms with Crippen molar-refractivity contribution in [2.24, 2.45) is 0 Å². The molecule has 4 aromatic rings. The van der Waals surface area contributed by atoms with Crippen LogP contribution in [0, 0.1) is 0 Å². The zero-order chi connectivity index (χ0) is 36.0. The molecule has 51 heavy (non-hydrogen) atoms. The molecule has 0 bridgehead atoms. The quantitative estimate of drug-likeness (QED) is 0.196. The normalized spacial score (nSPS) is 21.8. The Kier molecular flexibility index (Phi) is 10.9. The number of hydrogen-bond acceptors (Lipinski definition) is 6. The van der Waals surface area contributed by atoms with E-state index in [1.165, 1.54) is 37.1 Å². The molecule has 0 radical (unpaired) electrons. The van der Waals surface area contributed by atoms with Crippen molar-refractivity contribution in [1.82, 2.24) is 0 Å². The van der Waals surface area contributed by atoms with E-state index in [-0.39, 0.29) is 22.7 Å². The van der Waals surface area contributed by atoms with Crippen LogP contribution in [-0.4, -0.2) is 50.1 Å². The van der Waals surface area contributed by atoms with E-state index in [1.54, 1.807) is 121 Å². The molecule has 4 saturated heterocycles. The van der Waals surface area contributed by atoms with Crippen molar-refractivity contribution in [2.75, 3.05) is 37.8 Å². The van der Waals surface area contributed by atoms with Crippen LogP contribution in [0.2, 0.25) is 0 Å². The van der Waals surface area contributed by atoms with Crippen LogP contribution in [-0.2, 0) is 44.7 Å². The second-order valence-corrected chi connectivity index (χ2v) is 35.0. The number of carbonyl (C=O) groups is 4. The van der Waals surface area contributed by atoms with E-state index in [1.807, 2.05) is 0 Å². The molecule has 10 nitrogen and oxygen atoms in total. The number of ether oxygens (including phenoxy) is 2. The van der Waals surface area contributed by atoms with Crippen LogP contribution in [0.1, 0.15) is 38.5 Å². The SMILES string of the molecule is C1CCOC1.C1CCOC1.O=C1CC(=O)[N](c2ccccc2)[Zr]2([Cl])([Cl])([N]1c1ccccc1)[N](c1ccccc1)C(=O)CC(=O)[N]2c1ccccc1. The van der Waals surface area contributed by atoms with E-state index in [9.17, 15) is 19.2 Å². The Hall–Kier alpha value is -3.86. The number of para-hydroxylation sites is 4. The second kappa shape index (κ2) is 15.0. The number of benzene rings is 4. The van der Waals surface area contributed by atoms with Crippen LogP contribution in [0.25, 0.3) is 0 Å². The van der Waals surface area contributed by atoms with Gasteiger partial charge in [0.1, 0.15) is 0 Å². The number of carbonyl (C=O) groups excluding carboxylic acids is 4. The molecule has 0 atom stereocenters. The van der Waals surface area contributed by atoms with Gasteiger partial charge in [-0.3, -0.25) is 0 Å². The summed E-state index contributed by atoms with van der Waals surface area (Å²) in [5.41, 5.74) is 0.935. The Bertz CT molecular complexity index is 1600. The number of amides is 4. The molecule has 0 aliphatic carbocycles. The van der Waals surface area contributed by atoms with Gasteiger partial charge in [-0.15, -0.1) is 0 Å². The molecule has 4 aromatic carbocycles. The van der Waals surface area contributed by atoms with Gasteiger partial charge >= 0.3 is 244 Å². The molecule has 13 heteroatoms. The summed E-state index contributed by atoms with van der Waals surface area (Å²) < 4.78 is 14.6. The van der Waals surface area contributed by atoms with Gasteiger partial charge in [0.15, 0.2) is 0 Å². The summed E-state index contributed by atoms with van der Waals surface area (Å²) >= 11 is -8.05. The summed E-state index contributed by atoms with van der Waals surface area (Å²) in [7, 11) is 16.6. The number of hydrogen-bond donors (Lipinski definition) is 0. The molecule has 4 heterocycles. The average Bonchev–Trinajstić information content (AvgIpc) is 3.90. The molecule has 0 aromatic heterocycles. The van der Waals surface area contributed by atoms with Gasteiger partial charge in [-0.2, -0.15) is 0 Å². The van der Waals surface area contributed by atoms with Gasteiger partial charge in [0.25, 0.3) is 0 Å². The van der Waals surface area contributed by atoms with Crippen LogP contribution in [0.4, 0.5) is 22.7 Å². The molecule has 266 valence electrons. The van der Waals surface area contributed by atoms with Crippen molar-refractivity contribution in [3.63, 3.8) is 0 Å². The van der Waals surface area contributed by atoms with E-state index in [0.29, 0.717) is 0 Å². The van der Waals surface area contributed by atoms with E-state index >= 15 is 0 Å². The standard InChI is InChI=1S/2C15H14N2O2.2C4H8O.2ClH.Zr/c2*18-14(16-12-7-3-1-4-8-12)11-15(19)17-13-9-5-2-6-10-13;2*1-2-4-5-3-1;;;/h2*1-10H,11H2,(H2,16,17,18,19);2*1-4H2;2*1H;/q;;;;;;+6/p-6. The third-order valence-electron chi connectivity index (χ3n) is 9.19. The third kappa shape index (κ3) is 6.44. The first-order chi connectivity index (χ1) is 24.6. The van der Waals surface area contributed by atoms with Crippen LogP contribution < -0.4 is 11.4 Å². The predicted molar refractivity (Wildman–Crippen MR) is 197 cm³/mol. The molecule has 4 amide bonds. The van der Waals surface area contributed by atoms with Gasteiger partial charge in [-0.05, 0) is 25.7 Å². The average molecular weight is 811 g/mol. The van der Waals surface area contributed by atoms with Gasteiger partial charge in [0, 0.05) is 26.4 Å². The fraction of sp³-hybridized carbons (Fsp3) is 0.263. The van der Waals surface area contributed by atoms with E-state index in [0.717, 1.165) is 26.4 Å². The number of anilines is 4. The summed E-state index contributed by atoms with van der Waals surface area (Å²) in [6.45, 7) is 4.00. The first kappa shape index (κ1) is 36.9. The molecule has 4 aliphatic heterocycles. The fourth-order valence-corrected chi connectivity index (χ4v) is 32.0. The summed E-state index contributed by atoms with van der Waals surface area (Å²) in [5, 5.41) is 0. The van der Waals surface area contributed by atoms with Gasteiger partial charge in [-0.25, -0.2) is 0 Å². The Morgan fingerprint density at radius 2 is 0.608 bits per heavy atom. The summed E-state index contributed by atoms with van der Waals surface area (Å²) in [6.07, 6.45) is 3.92. The Morgan fingerprint density at radius 1 is 0.392 bits per heavy atom. The van der Waals surface area contributed by atoms with E-state index < -0.39 is 52.5 Å². The Balaban J connectivity index is 0.000000385. The predicted octanol–water partition coefficient (Wildman–Crippen LogP) is 7.71. The van der Waals surface area contributed by atoms with Gasteiger partial charge in [0.2, 0.25) is 0 Å². The number of halogens is 2.